The molecule has 1 fully saturated rings. The van der Waals surface area contributed by atoms with Gasteiger partial charge < -0.3 is 10.6 Å². The normalized spacial score (nSPS) is 15.5. The highest BCUT2D eigenvalue weighted by Gasteiger charge is 2.11. The molecule has 112 valence electrons. The van der Waals surface area contributed by atoms with Crippen LogP contribution in [0.1, 0.15) is 10.4 Å². The van der Waals surface area contributed by atoms with Crippen molar-refractivity contribution < 1.29 is 13.6 Å². The van der Waals surface area contributed by atoms with Crippen molar-refractivity contribution in [2.45, 2.75) is 0 Å². The first-order valence-electron chi connectivity index (χ1n) is 6.33. The molecule has 20 heavy (non-hydrogen) atoms. The third-order valence-electron chi connectivity index (χ3n) is 3.10. The van der Waals surface area contributed by atoms with Crippen molar-refractivity contribution in [3.8, 4) is 0 Å². The smallest absolute Gasteiger partial charge is 0.251 e. The maximum Gasteiger partial charge on any atom is 0.251 e. The highest BCUT2D eigenvalue weighted by Crippen LogP contribution is 2.08. The number of benzene rings is 1. The Morgan fingerprint density at radius 1 is 1.25 bits per heavy atom. The fourth-order valence-corrected chi connectivity index (χ4v) is 2.00. The molecule has 0 atom stereocenters. The van der Waals surface area contributed by atoms with Gasteiger partial charge in [-0.05, 0) is 18.2 Å². The van der Waals surface area contributed by atoms with E-state index in [1.54, 1.807) is 0 Å². The highest BCUT2D eigenvalue weighted by molar-refractivity contribution is 5.94. The lowest BCUT2D eigenvalue weighted by molar-refractivity contribution is 0.0946. The second-order valence-electron chi connectivity index (χ2n) is 4.48. The topological polar surface area (TPSA) is 44.4 Å². The minimum absolute atomic E-state index is 0. The molecule has 0 radical (unpaired) electrons. The summed E-state index contributed by atoms with van der Waals surface area (Å²) in [6.07, 6.45) is 0. The van der Waals surface area contributed by atoms with E-state index in [1.807, 2.05) is 0 Å². The Bertz CT molecular complexity index is 453. The third-order valence-corrected chi connectivity index (χ3v) is 3.10. The van der Waals surface area contributed by atoms with E-state index in [2.05, 4.69) is 15.5 Å². The molecule has 0 spiro atoms. The summed E-state index contributed by atoms with van der Waals surface area (Å²) in [5, 5.41) is 5.95. The molecule has 1 heterocycles. The Labute approximate surface area is 122 Å². The third kappa shape index (κ3) is 4.70. The number of nitrogens with zero attached hydrogens (tertiary/aromatic N) is 1. The van der Waals surface area contributed by atoms with E-state index in [4.69, 9.17) is 0 Å². The zero-order valence-electron chi connectivity index (χ0n) is 11.0. The summed E-state index contributed by atoms with van der Waals surface area (Å²) in [5.74, 6) is -2.33. The number of piperazine rings is 1. The van der Waals surface area contributed by atoms with Gasteiger partial charge in [0.15, 0.2) is 11.6 Å². The molecule has 1 amide bonds. The van der Waals surface area contributed by atoms with Crippen LogP contribution in [0.4, 0.5) is 8.78 Å². The summed E-state index contributed by atoms with van der Waals surface area (Å²) < 4.78 is 25.7. The van der Waals surface area contributed by atoms with Crippen LogP contribution in [0.3, 0.4) is 0 Å². The molecule has 1 aromatic rings. The van der Waals surface area contributed by atoms with Gasteiger partial charge in [-0.2, -0.15) is 0 Å². The molecule has 2 N–H and O–H groups in total. The number of hydrogen-bond donors (Lipinski definition) is 2. The molecule has 0 aromatic heterocycles. The van der Waals surface area contributed by atoms with Gasteiger partial charge in [0.25, 0.3) is 5.91 Å². The van der Waals surface area contributed by atoms with Gasteiger partial charge in [-0.3, -0.25) is 9.69 Å². The van der Waals surface area contributed by atoms with Gasteiger partial charge in [0.2, 0.25) is 0 Å². The van der Waals surface area contributed by atoms with Crippen LogP contribution < -0.4 is 10.6 Å². The average Bonchev–Trinajstić information content (AvgIpc) is 2.43. The summed E-state index contributed by atoms with van der Waals surface area (Å²) in [5.41, 5.74) is 0.138. The van der Waals surface area contributed by atoms with E-state index in [9.17, 15) is 13.6 Å². The number of carbonyl (C=O) groups is 1. The van der Waals surface area contributed by atoms with Crippen LogP contribution in [0, 0.1) is 11.6 Å². The van der Waals surface area contributed by atoms with Crippen molar-refractivity contribution in [2.24, 2.45) is 0 Å². The highest BCUT2D eigenvalue weighted by atomic mass is 35.5. The van der Waals surface area contributed by atoms with Gasteiger partial charge in [0, 0.05) is 44.8 Å². The van der Waals surface area contributed by atoms with Crippen molar-refractivity contribution in [3.63, 3.8) is 0 Å². The number of nitrogens with one attached hydrogen (secondary N) is 2. The van der Waals surface area contributed by atoms with E-state index in [0.717, 1.165) is 44.9 Å². The van der Waals surface area contributed by atoms with E-state index in [0.29, 0.717) is 6.54 Å². The van der Waals surface area contributed by atoms with Crippen LogP contribution >= 0.6 is 12.4 Å². The number of hydrogen-bond acceptors (Lipinski definition) is 3. The SMILES string of the molecule is Cl.O=C(NCCN1CCNCC1)c1ccc(F)c(F)c1. The van der Waals surface area contributed by atoms with Gasteiger partial charge in [0.05, 0.1) is 0 Å². The molecule has 1 aromatic carbocycles. The van der Waals surface area contributed by atoms with Crippen LogP contribution in [-0.4, -0.2) is 50.1 Å². The number of carbonyl (C=O) groups excluding carboxylic acids is 1. The lowest BCUT2D eigenvalue weighted by Crippen LogP contribution is -2.46. The second-order valence-corrected chi connectivity index (χ2v) is 4.48. The molecule has 0 unspecified atom stereocenters. The Morgan fingerprint density at radius 2 is 1.95 bits per heavy atom. The summed E-state index contributed by atoms with van der Waals surface area (Å²) in [7, 11) is 0. The molecular weight excluding hydrogens is 288 g/mol. The monoisotopic (exact) mass is 305 g/mol. The van der Waals surface area contributed by atoms with Gasteiger partial charge in [-0.25, -0.2) is 8.78 Å². The first-order chi connectivity index (χ1) is 9.16. The van der Waals surface area contributed by atoms with Crippen LogP contribution in [0.25, 0.3) is 0 Å². The van der Waals surface area contributed by atoms with Gasteiger partial charge >= 0.3 is 0 Å². The summed E-state index contributed by atoms with van der Waals surface area (Å²) in [6.45, 7) is 5.09. The van der Waals surface area contributed by atoms with Crippen molar-refractivity contribution in [3.05, 3.63) is 35.4 Å². The van der Waals surface area contributed by atoms with Crippen LogP contribution in [0.15, 0.2) is 18.2 Å². The molecule has 0 bridgehead atoms. The molecule has 4 nitrogen and oxygen atoms in total. The molecule has 0 aliphatic carbocycles. The van der Waals surface area contributed by atoms with E-state index in [-0.39, 0.29) is 23.9 Å². The molecule has 1 aliphatic rings. The molecule has 0 saturated carbocycles. The Kier molecular flexibility index (Phi) is 6.84. The number of amides is 1. The standard InChI is InChI=1S/C13H17F2N3O.ClH/c14-11-2-1-10(9-12(11)15)13(19)17-5-8-18-6-3-16-4-7-18;/h1-2,9,16H,3-8H2,(H,17,19);1H. The maximum absolute atomic E-state index is 13.0. The van der Waals surface area contributed by atoms with Crippen LogP contribution in [0.5, 0.6) is 0 Å². The summed E-state index contributed by atoms with van der Waals surface area (Å²) >= 11 is 0. The van der Waals surface area contributed by atoms with Gasteiger partial charge in [0.1, 0.15) is 0 Å². The quantitative estimate of drug-likeness (QED) is 0.873. The van der Waals surface area contributed by atoms with Gasteiger partial charge in [-0.1, -0.05) is 0 Å². The zero-order valence-corrected chi connectivity index (χ0v) is 11.8. The van der Waals surface area contributed by atoms with E-state index >= 15 is 0 Å². The van der Waals surface area contributed by atoms with Crippen molar-refractivity contribution in [2.75, 3.05) is 39.3 Å². The Morgan fingerprint density at radius 3 is 2.60 bits per heavy atom. The first kappa shape index (κ1) is 16.8. The number of rotatable bonds is 4. The number of halogens is 3. The first-order valence-corrected chi connectivity index (χ1v) is 6.33. The van der Waals surface area contributed by atoms with Crippen LogP contribution in [-0.2, 0) is 0 Å². The zero-order chi connectivity index (χ0) is 13.7. The Hall–Kier alpha value is -1.24. The second kappa shape index (κ2) is 8.14. The minimum Gasteiger partial charge on any atom is -0.351 e. The summed E-state index contributed by atoms with van der Waals surface area (Å²) in [6, 6.07) is 3.15. The average molecular weight is 306 g/mol. The fourth-order valence-electron chi connectivity index (χ4n) is 2.00. The van der Waals surface area contributed by atoms with Crippen molar-refractivity contribution >= 4 is 18.3 Å². The fraction of sp³-hybridized carbons (Fsp3) is 0.462. The lowest BCUT2D eigenvalue weighted by atomic mass is 10.2. The van der Waals surface area contributed by atoms with E-state index in [1.165, 1.54) is 6.07 Å². The largest absolute Gasteiger partial charge is 0.351 e. The van der Waals surface area contributed by atoms with E-state index < -0.39 is 11.6 Å². The van der Waals surface area contributed by atoms with Crippen molar-refractivity contribution in [1.29, 1.82) is 0 Å². The molecular formula is C13H18ClF2N3O. The van der Waals surface area contributed by atoms with Crippen molar-refractivity contribution in [1.82, 2.24) is 15.5 Å². The molecule has 1 aliphatic heterocycles. The molecule has 7 heteroatoms. The predicted octanol–water partition coefficient (Wildman–Crippen LogP) is 1.02. The maximum atomic E-state index is 13.0. The Balaban J connectivity index is 0.00000200. The van der Waals surface area contributed by atoms with Gasteiger partial charge in [-0.15, -0.1) is 12.4 Å². The summed E-state index contributed by atoms with van der Waals surface area (Å²) in [4.78, 5) is 14.0. The molecule has 1 saturated heterocycles. The lowest BCUT2D eigenvalue weighted by Gasteiger charge is -2.27. The molecule has 2 rings (SSSR count). The predicted molar refractivity (Wildman–Crippen MR) is 75.2 cm³/mol. The minimum atomic E-state index is -1.00. The van der Waals surface area contributed by atoms with Crippen LogP contribution in [0.2, 0.25) is 0 Å².